The molecule has 1 aromatic carbocycles. The van der Waals surface area contributed by atoms with Crippen LogP contribution in [0.3, 0.4) is 0 Å². The first-order chi connectivity index (χ1) is 8.25. The van der Waals surface area contributed by atoms with Gasteiger partial charge in [0.25, 0.3) is 0 Å². The average molecular weight is 233 g/mol. The maximum absolute atomic E-state index is 5.77. The van der Waals surface area contributed by atoms with Gasteiger partial charge in [-0.3, -0.25) is 0 Å². The quantitative estimate of drug-likeness (QED) is 0.790. The van der Waals surface area contributed by atoms with Crippen LogP contribution < -0.4 is 5.32 Å². The molecule has 0 spiro atoms. The van der Waals surface area contributed by atoms with Crippen LogP contribution in [-0.4, -0.2) is 25.3 Å². The molecular formula is C15H23NO. The molecule has 2 rings (SSSR count). The Balaban J connectivity index is 1.65. The minimum Gasteiger partial charge on any atom is -0.374 e. The summed E-state index contributed by atoms with van der Waals surface area (Å²) in [6, 6.07) is 8.60. The molecule has 0 aliphatic carbocycles. The van der Waals surface area contributed by atoms with E-state index in [0.717, 1.165) is 19.5 Å². The van der Waals surface area contributed by atoms with Crippen LogP contribution in [0.1, 0.15) is 30.9 Å². The zero-order chi connectivity index (χ0) is 12.1. The number of aryl methyl sites for hydroxylation is 1. The lowest BCUT2D eigenvalue weighted by molar-refractivity contribution is 0.0562. The minimum absolute atomic E-state index is 0.432. The lowest BCUT2D eigenvalue weighted by atomic mass is 10.1. The summed E-state index contributed by atoms with van der Waals surface area (Å²) in [5, 5.41) is 3.50. The fraction of sp³-hybridized carbons (Fsp3) is 0.600. The molecular weight excluding hydrogens is 210 g/mol. The SMILES string of the molecule is Cc1ccccc1CCNCC1CCC(C)O1. The highest BCUT2D eigenvalue weighted by Crippen LogP contribution is 2.18. The van der Waals surface area contributed by atoms with Crippen molar-refractivity contribution in [1.29, 1.82) is 0 Å². The van der Waals surface area contributed by atoms with E-state index >= 15 is 0 Å². The standard InChI is InChI=1S/C15H23NO/c1-12-5-3-4-6-14(12)9-10-16-11-15-8-7-13(2)17-15/h3-6,13,15-16H,7-11H2,1-2H3. The summed E-state index contributed by atoms with van der Waals surface area (Å²) in [5.74, 6) is 0. The molecule has 2 nitrogen and oxygen atoms in total. The molecule has 0 amide bonds. The number of nitrogens with one attached hydrogen (secondary N) is 1. The predicted octanol–water partition coefficient (Wildman–Crippen LogP) is 2.69. The first-order valence-electron chi connectivity index (χ1n) is 6.66. The normalized spacial score (nSPS) is 24.1. The lowest BCUT2D eigenvalue weighted by Gasteiger charge is -2.12. The fourth-order valence-corrected chi connectivity index (χ4v) is 2.41. The Bertz CT molecular complexity index is 351. The van der Waals surface area contributed by atoms with E-state index in [4.69, 9.17) is 4.74 Å². The summed E-state index contributed by atoms with van der Waals surface area (Å²) in [6.45, 7) is 6.37. The van der Waals surface area contributed by atoms with Gasteiger partial charge in [0.2, 0.25) is 0 Å². The Morgan fingerprint density at radius 2 is 2.12 bits per heavy atom. The largest absolute Gasteiger partial charge is 0.374 e. The van der Waals surface area contributed by atoms with Crippen molar-refractivity contribution in [3.63, 3.8) is 0 Å². The zero-order valence-corrected chi connectivity index (χ0v) is 10.9. The van der Waals surface area contributed by atoms with Gasteiger partial charge in [-0.2, -0.15) is 0 Å². The molecule has 1 aromatic rings. The van der Waals surface area contributed by atoms with Crippen molar-refractivity contribution < 1.29 is 4.74 Å². The van der Waals surface area contributed by atoms with E-state index in [2.05, 4.69) is 43.4 Å². The fourth-order valence-electron chi connectivity index (χ4n) is 2.41. The number of hydrogen-bond acceptors (Lipinski definition) is 2. The summed E-state index contributed by atoms with van der Waals surface area (Å²) >= 11 is 0. The first-order valence-corrected chi connectivity index (χ1v) is 6.66. The van der Waals surface area contributed by atoms with Gasteiger partial charge in [0.15, 0.2) is 0 Å². The van der Waals surface area contributed by atoms with Gasteiger partial charge >= 0.3 is 0 Å². The topological polar surface area (TPSA) is 21.3 Å². The summed E-state index contributed by atoms with van der Waals surface area (Å²) in [6.07, 6.45) is 4.41. The van der Waals surface area contributed by atoms with Crippen molar-refractivity contribution in [1.82, 2.24) is 5.32 Å². The number of ether oxygens (including phenoxy) is 1. The molecule has 2 atom stereocenters. The van der Waals surface area contributed by atoms with Crippen molar-refractivity contribution in [3.8, 4) is 0 Å². The monoisotopic (exact) mass is 233 g/mol. The second-order valence-corrected chi connectivity index (χ2v) is 5.03. The molecule has 2 unspecified atom stereocenters. The molecule has 0 bridgehead atoms. The minimum atomic E-state index is 0.432. The molecule has 1 N–H and O–H groups in total. The van der Waals surface area contributed by atoms with Gasteiger partial charge in [0.05, 0.1) is 12.2 Å². The Labute approximate surface area is 104 Å². The first kappa shape index (κ1) is 12.6. The van der Waals surface area contributed by atoms with Crippen LogP contribution in [0.2, 0.25) is 0 Å². The van der Waals surface area contributed by atoms with Gasteiger partial charge in [-0.25, -0.2) is 0 Å². The van der Waals surface area contributed by atoms with Gasteiger partial charge in [-0.15, -0.1) is 0 Å². The molecule has 1 heterocycles. The van der Waals surface area contributed by atoms with Crippen LogP contribution in [0.5, 0.6) is 0 Å². The van der Waals surface area contributed by atoms with Crippen LogP contribution in [0.15, 0.2) is 24.3 Å². The van der Waals surface area contributed by atoms with Crippen molar-refractivity contribution in [2.45, 2.75) is 45.3 Å². The van der Waals surface area contributed by atoms with E-state index in [0.29, 0.717) is 12.2 Å². The third-order valence-corrected chi connectivity index (χ3v) is 3.52. The predicted molar refractivity (Wildman–Crippen MR) is 71.3 cm³/mol. The third-order valence-electron chi connectivity index (χ3n) is 3.52. The number of benzene rings is 1. The van der Waals surface area contributed by atoms with E-state index in [1.54, 1.807) is 0 Å². The molecule has 1 aliphatic heterocycles. The van der Waals surface area contributed by atoms with Crippen LogP contribution in [-0.2, 0) is 11.2 Å². The zero-order valence-electron chi connectivity index (χ0n) is 10.9. The maximum Gasteiger partial charge on any atom is 0.0704 e. The molecule has 1 aliphatic rings. The van der Waals surface area contributed by atoms with E-state index in [1.165, 1.54) is 24.0 Å². The Morgan fingerprint density at radius 1 is 1.29 bits per heavy atom. The average Bonchev–Trinajstić information content (AvgIpc) is 2.73. The van der Waals surface area contributed by atoms with E-state index in [1.807, 2.05) is 0 Å². The number of hydrogen-bond donors (Lipinski definition) is 1. The molecule has 1 saturated heterocycles. The van der Waals surface area contributed by atoms with Crippen molar-refractivity contribution in [2.75, 3.05) is 13.1 Å². The summed E-state index contributed by atoms with van der Waals surface area (Å²) in [5.41, 5.74) is 2.83. The molecule has 0 aromatic heterocycles. The van der Waals surface area contributed by atoms with E-state index in [-0.39, 0.29) is 0 Å². The van der Waals surface area contributed by atoms with Crippen LogP contribution in [0, 0.1) is 6.92 Å². The van der Waals surface area contributed by atoms with Crippen LogP contribution in [0.4, 0.5) is 0 Å². The Hall–Kier alpha value is -0.860. The lowest BCUT2D eigenvalue weighted by Crippen LogP contribution is -2.28. The van der Waals surface area contributed by atoms with Gasteiger partial charge < -0.3 is 10.1 Å². The van der Waals surface area contributed by atoms with E-state index < -0.39 is 0 Å². The molecule has 17 heavy (non-hydrogen) atoms. The highest BCUT2D eigenvalue weighted by atomic mass is 16.5. The molecule has 94 valence electrons. The molecule has 0 saturated carbocycles. The van der Waals surface area contributed by atoms with Gasteiger partial charge in [0.1, 0.15) is 0 Å². The van der Waals surface area contributed by atoms with Crippen LogP contribution >= 0.6 is 0 Å². The van der Waals surface area contributed by atoms with E-state index in [9.17, 15) is 0 Å². The van der Waals surface area contributed by atoms with Crippen molar-refractivity contribution in [3.05, 3.63) is 35.4 Å². The highest BCUT2D eigenvalue weighted by molar-refractivity contribution is 5.25. The van der Waals surface area contributed by atoms with Gasteiger partial charge in [-0.05, 0) is 50.8 Å². The summed E-state index contributed by atoms with van der Waals surface area (Å²) in [4.78, 5) is 0. The second kappa shape index (κ2) is 6.18. The number of rotatable bonds is 5. The Morgan fingerprint density at radius 3 is 2.82 bits per heavy atom. The smallest absolute Gasteiger partial charge is 0.0704 e. The Kier molecular flexibility index (Phi) is 4.57. The maximum atomic E-state index is 5.77. The molecule has 1 fully saturated rings. The molecule has 0 radical (unpaired) electrons. The summed E-state index contributed by atoms with van der Waals surface area (Å²) < 4.78 is 5.77. The van der Waals surface area contributed by atoms with Crippen molar-refractivity contribution >= 4 is 0 Å². The van der Waals surface area contributed by atoms with Crippen molar-refractivity contribution in [2.24, 2.45) is 0 Å². The van der Waals surface area contributed by atoms with Gasteiger partial charge in [0, 0.05) is 6.54 Å². The molecule has 2 heteroatoms. The van der Waals surface area contributed by atoms with Crippen LogP contribution in [0.25, 0.3) is 0 Å². The second-order valence-electron chi connectivity index (χ2n) is 5.03. The summed E-state index contributed by atoms with van der Waals surface area (Å²) in [7, 11) is 0. The highest BCUT2D eigenvalue weighted by Gasteiger charge is 2.20. The third kappa shape index (κ3) is 3.83. The van der Waals surface area contributed by atoms with Gasteiger partial charge in [-0.1, -0.05) is 24.3 Å².